The molecule has 0 aliphatic rings. The highest BCUT2D eigenvalue weighted by Crippen LogP contribution is 2.21. The number of hydrogen-bond acceptors (Lipinski definition) is 3. The molecule has 0 heterocycles. The Kier molecular flexibility index (Phi) is 5.25. The molecular weight excluding hydrogens is 242 g/mol. The number of carboxylic acids is 1. The van der Waals surface area contributed by atoms with Gasteiger partial charge in [0.05, 0.1) is 0 Å². The fraction of sp³-hybridized carbons (Fsp3) is 0.417. The molecule has 0 amide bonds. The standard InChI is InChI=1S/C12H16ClNO3/c1-2-3-10(12(16)17)14-7-8-6-9(13)4-5-11(8)15/h4-6,10,14-15H,2-3,7H2,1H3,(H,16,17). The first kappa shape index (κ1) is 13.8. The molecule has 1 atom stereocenters. The molecule has 1 aromatic carbocycles. The summed E-state index contributed by atoms with van der Waals surface area (Å²) in [6.07, 6.45) is 1.34. The van der Waals surface area contributed by atoms with Crippen LogP contribution in [-0.4, -0.2) is 22.2 Å². The Balaban J connectivity index is 2.64. The first-order valence-corrected chi connectivity index (χ1v) is 5.86. The Morgan fingerprint density at radius 3 is 2.82 bits per heavy atom. The minimum Gasteiger partial charge on any atom is -0.508 e. The summed E-state index contributed by atoms with van der Waals surface area (Å²) < 4.78 is 0. The van der Waals surface area contributed by atoms with Gasteiger partial charge in [0.15, 0.2) is 0 Å². The van der Waals surface area contributed by atoms with E-state index in [1.54, 1.807) is 12.1 Å². The number of carboxylic acid groups (broad SMARTS) is 1. The van der Waals surface area contributed by atoms with Crippen LogP contribution in [-0.2, 0) is 11.3 Å². The van der Waals surface area contributed by atoms with Crippen molar-refractivity contribution in [1.29, 1.82) is 0 Å². The highest BCUT2D eigenvalue weighted by Gasteiger charge is 2.15. The summed E-state index contributed by atoms with van der Waals surface area (Å²) in [4.78, 5) is 10.9. The number of phenols is 1. The fourth-order valence-electron chi connectivity index (χ4n) is 1.53. The van der Waals surface area contributed by atoms with Crippen LogP contribution in [0.3, 0.4) is 0 Å². The van der Waals surface area contributed by atoms with Gasteiger partial charge < -0.3 is 15.5 Å². The molecule has 0 bridgehead atoms. The first-order chi connectivity index (χ1) is 8.04. The summed E-state index contributed by atoms with van der Waals surface area (Å²) in [6.45, 7) is 2.21. The highest BCUT2D eigenvalue weighted by atomic mass is 35.5. The van der Waals surface area contributed by atoms with Gasteiger partial charge in [-0.15, -0.1) is 0 Å². The Morgan fingerprint density at radius 2 is 2.24 bits per heavy atom. The maximum absolute atomic E-state index is 10.9. The minimum absolute atomic E-state index is 0.113. The molecule has 0 radical (unpaired) electrons. The Hall–Kier alpha value is -1.26. The molecule has 1 unspecified atom stereocenters. The van der Waals surface area contributed by atoms with Gasteiger partial charge in [-0.2, -0.15) is 0 Å². The van der Waals surface area contributed by atoms with E-state index in [4.69, 9.17) is 16.7 Å². The third-order valence-corrected chi connectivity index (χ3v) is 2.69. The number of hydrogen-bond donors (Lipinski definition) is 3. The lowest BCUT2D eigenvalue weighted by molar-refractivity contribution is -0.139. The van der Waals surface area contributed by atoms with Crippen LogP contribution in [0.15, 0.2) is 18.2 Å². The lowest BCUT2D eigenvalue weighted by Crippen LogP contribution is -2.36. The van der Waals surface area contributed by atoms with Gasteiger partial charge in [0, 0.05) is 17.1 Å². The summed E-state index contributed by atoms with van der Waals surface area (Å²) in [6, 6.07) is 4.10. The van der Waals surface area contributed by atoms with Crippen molar-refractivity contribution >= 4 is 17.6 Å². The van der Waals surface area contributed by atoms with Crippen LogP contribution in [0.2, 0.25) is 5.02 Å². The lowest BCUT2D eigenvalue weighted by atomic mass is 10.1. The quantitative estimate of drug-likeness (QED) is 0.732. The predicted molar refractivity (Wildman–Crippen MR) is 66.3 cm³/mol. The molecule has 0 spiro atoms. The molecule has 4 nitrogen and oxygen atoms in total. The van der Waals surface area contributed by atoms with Gasteiger partial charge in [-0.1, -0.05) is 24.9 Å². The van der Waals surface area contributed by atoms with Gasteiger partial charge >= 0.3 is 5.97 Å². The molecule has 5 heteroatoms. The molecule has 0 aliphatic carbocycles. The molecule has 1 aromatic rings. The molecule has 94 valence electrons. The van der Waals surface area contributed by atoms with Crippen molar-refractivity contribution in [3.8, 4) is 5.75 Å². The van der Waals surface area contributed by atoms with Crippen molar-refractivity contribution in [1.82, 2.24) is 5.32 Å². The third kappa shape index (κ3) is 4.24. The molecule has 0 saturated carbocycles. The minimum atomic E-state index is -0.881. The Morgan fingerprint density at radius 1 is 1.53 bits per heavy atom. The second-order valence-electron chi connectivity index (χ2n) is 3.83. The summed E-state index contributed by atoms with van der Waals surface area (Å²) in [7, 11) is 0. The normalized spacial score (nSPS) is 12.4. The summed E-state index contributed by atoms with van der Waals surface area (Å²) >= 11 is 5.80. The number of nitrogens with one attached hydrogen (secondary N) is 1. The van der Waals surface area contributed by atoms with Crippen molar-refractivity contribution in [2.24, 2.45) is 0 Å². The van der Waals surface area contributed by atoms with Crippen molar-refractivity contribution in [3.63, 3.8) is 0 Å². The number of rotatable bonds is 6. The van der Waals surface area contributed by atoms with E-state index < -0.39 is 12.0 Å². The average Bonchev–Trinajstić information content (AvgIpc) is 2.28. The third-order valence-electron chi connectivity index (χ3n) is 2.46. The van der Waals surface area contributed by atoms with E-state index in [9.17, 15) is 9.90 Å². The van der Waals surface area contributed by atoms with Crippen molar-refractivity contribution in [2.45, 2.75) is 32.4 Å². The van der Waals surface area contributed by atoms with E-state index in [2.05, 4.69) is 5.32 Å². The van der Waals surface area contributed by atoms with Crippen molar-refractivity contribution in [2.75, 3.05) is 0 Å². The van der Waals surface area contributed by atoms with Crippen molar-refractivity contribution in [3.05, 3.63) is 28.8 Å². The van der Waals surface area contributed by atoms with E-state index in [1.807, 2.05) is 6.92 Å². The van der Waals surface area contributed by atoms with Gasteiger partial charge in [0.25, 0.3) is 0 Å². The van der Waals surface area contributed by atoms with E-state index in [-0.39, 0.29) is 12.3 Å². The van der Waals surface area contributed by atoms with Gasteiger partial charge in [-0.25, -0.2) is 0 Å². The van der Waals surface area contributed by atoms with Crippen LogP contribution in [0.25, 0.3) is 0 Å². The zero-order valence-corrected chi connectivity index (χ0v) is 10.4. The number of benzene rings is 1. The van der Waals surface area contributed by atoms with Crippen LogP contribution in [0.4, 0.5) is 0 Å². The molecule has 0 fully saturated rings. The van der Waals surface area contributed by atoms with E-state index in [0.717, 1.165) is 6.42 Å². The molecule has 1 rings (SSSR count). The molecule has 0 aliphatic heterocycles. The summed E-state index contributed by atoms with van der Waals surface area (Å²) in [5.41, 5.74) is 0.597. The molecule has 0 saturated heterocycles. The molecule has 0 aromatic heterocycles. The van der Waals surface area contributed by atoms with Gasteiger partial charge in [-0.3, -0.25) is 4.79 Å². The number of aromatic hydroxyl groups is 1. The van der Waals surface area contributed by atoms with Gasteiger partial charge in [0.2, 0.25) is 0 Å². The van der Waals surface area contributed by atoms with Gasteiger partial charge in [0.1, 0.15) is 11.8 Å². The Bertz CT molecular complexity index is 395. The summed E-state index contributed by atoms with van der Waals surface area (Å²) in [5.74, 6) is -0.768. The monoisotopic (exact) mass is 257 g/mol. The van der Waals surface area contributed by atoms with Crippen LogP contribution in [0.5, 0.6) is 5.75 Å². The van der Waals surface area contributed by atoms with E-state index in [0.29, 0.717) is 17.0 Å². The van der Waals surface area contributed by atoms with Crippen molar-refractivity contribution < 1.29 is 15.0 Å². The van der Waals surface area contributed by atoms with Gasteiger partial charge in [-0.05, 0) is 24.6 Å². The molecule has 17 heavy (non-hydrogen) atoms. The fourth-order valence-corrected chi connectivity index (χ4v) is 1.73. The second-order valence-corrected chi connectivity index (χ2v) is 4.27. The molecular formula is C12H16ClNO3. The van der Waals surface area contributed by atoms with Crippen LogP contribution in [0.1, 0.15) is 25.3 Å². The maximum Gasteiger partial charge on any atom is 0.320 e. The van der Waals surface area contributed by atoms with Crippen LogP contribution >= 0.6 is 11.6 Å². The number of carbonyl (C=O) groups is 1. The number of aliphatic carboxylic acids is 1. The van der Waals surface area contributed by atoms with E-state index in [1.165, 1.54) is 6.07 Å². The van der Waals surface area contributed by atoms with Crippen LogP contribution < -0.4 is 5.32 Å². The Labute approximate surface area is 105 Å². The number of halogens is 1. The molecule has 3 N–H and O–H groups in total. The summed E-state index contributed by atoms with van der Waals surface area (Å²) in [5, 5.41) is 21.9. The predicted octanol–water partition coefficient (Wildman–Crippen LogP) is 2.39. The largest absolute Gasteiger partial charge is 0.508 e. The number of phenolic OH excluding ortho intramolecular Hbond substituents is 1. The zero-order chi connectivity index (χ0) is 12.8. The van der Waals surface area contributed by atoms with Crippen LogP contribution in [0, 0.1) is 0 Å². The van der Waals surface area contributed by atoms with E-state index >= 15 is 0 Å². The average molecular weight is 258 g/mol. The lowest BCUT2D eigenvalue weighted by Gasteiger charge is -2.14. The maximum atomic E-state index is 10.9. The zero-order valence-electron chi connectivity index (χ0n) is 9.61. The highest BCUT2D eigenvalue weighted by molar-refractivity contribution is 6.30. The SMILES string of the molecule is CCCC(NCc1cc(Cl)ccc1O)C(=O)O. The first-order valence-electron chi connectivity index (χ1n) is 5.48. The topological polar surface area (TPSA) is 69.6 Å². The second kappa shape index (κ2) is 6.47. The smallest absolute Gasteiger partial charge is 0.320 e.